The van der Waals surface area contributed by atoms with Crippen LogP contribution in [-0.4, -0.2) is 16.6 Å². The third-order valence-corrected chi connectivity index (χ3v) is 5.61. The molecule has 2 atom stereocenters. The monoisotopic (exact) mass is 289 g/mol. The maximum atomic E-state index is 12.9. The Morgan fingerprint density at radius 2 is 1.76 bits per heavy atom. The van der Waals surface area contributed by atoms with Crippen LogP contribution in [0.2, 0.25) is 0 Å². The van der Waals surface area contributed by atoms with Crippen molar-refractivity contribution in [1.82, 2.24) is 0 Å². The van der Waals surface area contributed by atoms with E-state index in [1.54, 1.807) is 12.1 Å². The summed E-state index contributed by atoms with van der Waals surface area (Å²) in [4.78, 5) is 12.8. The van der Waals surface area contributed by atoms with Gasteiger partial charge >= 0.3 is 0 Å². The van der Waals surface area contributed by atoms with Crippen LogP contribution in [0.1, 0.15) is 38.5 Å². The zero-order chi connectivity index (χ0) is 14.7. The van der Waals surface area contributed by atoms with Gasteiger partial charge in [0.25, 0.3) is 0 Å². The summed E-state index contributed by atoms with van der Waals surface area (Å²) < 4.78 is 12.9. The van der Waals surface area contributed by atoms with Gasteiger partial charge in [-0.05, 0) is 74.6 Å². The Balaban J connectivity index is 1.57. The van der Waals surface area contributed by atoms with Crippen molar-refractivity contribution in [2.24, 2.45) is 17.3 Å². The highest BCUT2D eigenvalue weighted by Gasteiger charge is 2.60. The molecule has 4 aliphatic rings. The molecule has 1 aromatic rings. The fraction of sp³-hybridized carbons (Fsp3) is 0.588. The molecule has 21 heavy (non-hydrogen) atoms. The van der Waals surface area contributed by atoms with Crippen LogP contribution in [-0.2, 0) is 4.79 Å². The van der Waals surface area contributed by atoms with Crippen LogP contribution in [0.3, 0.4) is 0 Å². The van der Waals surface area contributed by atoms with Crippen LogP contribution in [0.25, 0.3) is 0 Å². The molecule has 0 radical (unpaired) electrons. The smallest absolute Gasteiger partial charge is 0.230 e. The van der Waals surface area contributed by atoms with Crippen molar-refractivity contribution in [3.8, 4) is 0 Å². The maximum absolute atomic E-state index is 12.9. The van der Waals surface area contributed by atoms with E-state index in [-0.39, 0.29) is 11.7 Å². The normalized spacial score (nSPS) is 40.3. The molecule has 4 heteroatoms. The van der Waals surface area contributed by atoms with Crippen LogP contribution in [0.5, 0.6) is 0 Å². The Morgan fingerprint density at radius 3 is 2.33 bits per heavy atom. The molecular formula is C17H20FNO2. The van der Waals surface area contributed by atoms with Crippen molar-refractivity contribution >= 4 is 11.6 Å². The first-order valence-electron chi connectivity index (χ1n) is 7.76. The number of rotatable bonds is 2. The highest BCUT2D eigenvalue weighted by Crippen LogP contribution is 2.61. The van der Waals surface area contributed by atoms with Gasteiger partial charge in [-0.3, -0.25) is 4.79 Å². The number of carbonyl (C=O) groups excluding carboxylic acids is 1. The highest BCUT2D eigenvalue weighted by molar-refractivity contribution is 5.95. The van der Waals surface area contributed by atoms with Crippen LogP contribution >= 0.6 is 0 Å². The molecule has 1 aromatic carbocycles. The van der Waals surface area contributed by atoms with Gasteiger partial charge < -0.3 is 10.4 Å². The lowest BCUT2D eigenvalue weighted by Gasteiger charge is -2.59. The van der Waals surface area contributed by atoms with Crippen molar-refractivity contribution in [3.63, 3.8) is 0 Å². The summed E-state index contributed by atoms with van der Waals surface area (Å²) in [5.74, 6) is 0.657. The van der Waals surface area contributed by atoms with Gasteiger partial charge in [0, 0.05) is 5.69 Å². The molecule has 0 saturated heterocycles. The average Bonchev–Trinajstić information content (AvgIpc) is 2.38. The number of halogens is 1. The molecule has 1 amide bonds. The standard InChI is InChI=1S/C17H20FNO2/c18-13-1-3-14(4-2-13)19-15(20)16-6-11-5-12(7-16)9-17(21,8-11)10-16/h1-4,11-12,21H,5-10H2,(H,19,20). The number of aliphatic hydroxyl groups is 1. The maximum Gasteiger partial charge on any atom is 0.230 e. The van der Waals surface area contributed by atoms with E-state index in [4.69, 9.17) is 0 Å². The van der Waals surface area contributed by atoms with Crippen molar-refractivity contribution in [2.45, 2.75) is 44.1 Å². The second-order valence-corrected chi connectivity index (χ2v) is 7.43. The van der Waals surface area contributed by atoms with E-state index in [0.717, 1.165) is 32.1 Å². The second kappa shape index (κ2) is 4.29. The first kappa shape index (κ1) is 13.3. The average molecular weight is 289 g/mol. The molecule has 4 saturated carbocycles. The summed E-state index contributed by atoms with van der Waals surface area (Å²) in [6, 6.07) is 5.87. The Kier molecular flexibility index (Phi) is 2.71. The molecule has 4 fully saturated rings. The van der Waals surface area contributed by atoms with Crippen LogP contribution in [0, 0.1) is 23.1 Å². The molecule has 2 N–H and O–H groups in total. The number of amides is 1. The minimum atomic E-state index is -0.635. The van der Waals surface area contributed by atoms with E-state index in [2.05, 4.69) is 5.32 Å². The number of nitrogens with one attached hydrogen (secondary N) is 1. The molecule has 0 aromatic heterocycles. The predicted molar refractivity (Wildman–Crippen MR) is 77.1 cm³/mol. The lowest BCUT2D eigenvalue weighted by Crippen LogP contribution is -2.59. The van der Waals surface area contributed by atoms with E-state index < -0.39 is 11.0 Å². The Hall–Kier alpha value is -1.42. The van der Waals surface area contributed by atoms with Crippen molar-refractivity contribution in [2.75, 3.05) is 5.32 Å². The summed E-state index contributed by atoms with van der Waals surface area (Å²) in [5.41, 5.74) is -0.429. The van der Waals surface area contributed by atoms with E-state index in [0.29, 0.717) is 23.9 Å². The minimum absolute atomic E-state index is 0.00151. The molecular weight excluding hydrogens is 269 g/mol. The van der Waals surface area contributed by atoms with E-state index in [1.165, 1.54) is 12.1 Å². The topological polar surface area (TPSA) is 49.3 Å². The van der Waals surface area contributed by atoms with Gasteiger partial charge in [-0.1, -0.05) is 0 Å². The second-order valence-electron chi connectivity index (χ2n) is 7.43. The van der Waals surface area contributed by atoms with Crippen molar-refractivity contribution in [1.29, 1.82) is 0 Å². The molecule has 4 aliphatic carbocycles. The minimum Gasteiger partial charge on any atom is -0.390 e. The van der Waals surface area contributed by atoms with Crippen LogP contribution < -0.4 is 5.32 Å². The Morgan fingerprint density at radius 1 is 1.14 bits per heavy atom. The van der Waals surface area contributed by atoms with Crippen LogP contribution in [0.15, 0.2) is 24.3 Å². The summed E-state index contributed by atoms with van der Waals surface area (Å²) in [7, 11) is 0. The number of carbonyl (C=O) groups is 1. The van der Waals surface area contributed by atoms with E-state index in [1.807, 2.05) is 0 Å². The lowest BCUT2D eigenvalue weighted by molar-refractivity contribution is -0.174. The Bertz CT molecular complexity index is 569. The van der Waals surface area contributed by atoms with Gasteiger partial charge in [0.05, 0.1) is 11.0 Å². The molecule has 0 heterocycles. The van der Waals surface area contributed by atoms with Gasteiger partial charge in [0.1, 0.15) is 5.82 Å². The summed E-state index contributed by atoms with van der Waals surface area (Å²) in [6.07, 6.45) is 5.23. The largest absolute Gasteiger partial charge is 0.390 e. The van der Waals surface area contributed by atoms with Gasteiger partial charge in [0.2, 0.25) is 5.91 Å². The summed E-state index contributed by atoms with van der Waals surface area (Å²) >= 11 is 0. The zero-order valence-corrected chi connectivity index (χ0v) is 11.9. The summed E-state index contributed by atoms with van der Waals surface area (Å²) in [5, 5.41) is 13.6. The fourth-order valence-corrected chi connectivity index (χ4v) is 5.28. The van der Waals surface area contributed by atoms with Crippen LogP contribution in [0.4, 0.5) is 10.1 Å². The SMILES string of the molecule is O=C(Nc1ccc(F)cc1)C12CC3CC(CC(O)(C3)C1)C2. The quantitative estimate of drug-likeness (QED) is 0.879. The third kappa shape index (κ3) is 2.16. The van der Waals surface area contributed by atoms with Gasteiger partial charge in [-0.2, -0.15) is 0 Å². The predicted octanol–water partition coefficient (Wildman–Crippen LogP) is 3.10. The van der Waals surface area contributed by atoms with Gasteiger partial charge in [-0.15, -0.1) is 0 Å². The summed E-state index contributed by atoms with van der Waals surface area (Å²) in [6.45, 7) is 0. The number of hydrogen-bond acceptors (Lipinski definition) is 2. The third-order valence-electron chi connectivity index (χ3n) is 5.61. The first-order chi connectivity index (χ1) is 9.96. The first-order valence-corrected chi connectivity index (χ1v) is 7.76. The lowest BCUT2D eigenvalue weighted by atomic mass is 9.47. The molecule has 0 aliphatic heterocycles. The molecule has 4 bridgehead atoms. The molecule has 0 spiro atoms. The number of benzene rings is 1. The fourth-order valence-electron chi connectivity index (χ4n) is 5.28. The van der Waals surface area contributed by atoms with Crippen molar-refractivity contribution < 1.29 is 14.3 Å². The molecule has 2 unspecified atom stereocenters. The van der Waals surface area contributed by atoms with Crippen molar-refractivity contribution in [3.05, 3.63) is 30.1 Å². The van der Waals surface area contributed by atoms with Gasteiger partial charge in [0.15, 0.2) is 0 Å². The number of hydrogen-bond donors (Lipinski definition) is 2. The van der Waals surface area contributed by atoms with E-state index >= 15 is 0 Å². The Labute approximate surface area is 123 Å². The van der Waals surface area contributed by atoms with Gasteiger partial charge in [-0.25, -0.2) is 4.39 Å². The highest BCUT2D eigenvalue weighted by atomic mass is 19.1. The molecule has 112 valence electrons. The number of anilines is 1. The van der Waals surface area contributed by atoms with E-state index in [9.17, 15) is 14.3 Å². The molecule has 5 rings (SSSR count). The molecule has 3 nitrogen and oxygen atoms in total. The zero-order valence-electron chi connectivity index (χ0n) is 11.9.